The summed E-state index contributed by atoms with van der Waals surface area (Å²) in [5, 5.41) is 11.6. The van der Waals surface area contributed by atoms with E-state index in [1.54, 1.807) is 6.07 Å². The maximum Gasteiger partial charge on any atom is 0.269 e. The molecule has 4 heteroatoms. The zero-order valence-electron chi connectivity index (χ0n) is 19.3. The van der Waals surface area contributed by atoms with Crippen LogP contribution in [-0.4, -0.2) is 17.7 Å². The molecule has 1 aliphatic rings. The predicted octanol–water partition coefficient (Wildman–Crippen LogP) is 7.24. The number of nitro groups is 1. The molecule has 0 saturated carbocycles. The van der Waals surface area contributed by atoms with E-state index < -0.39 is 0 Å². The summed E-state index contributed by atoms with van der Waals surface area (Å²) in [6, 6.07) is 20.3. The van der Waals surface area contributed by atoms with Gasteiger partial charge in [0, 0.05) is 35.7 Å². The average molecular weight is 427 g/mol. The van der Waals surface area contributed by atoms with Crippen molar-refractivity contribution in [1.82, 2.24) is 0 Å². The highest BCUT2D eigenvalue weighted by Crippen LogP contribution is 2.54. The van der Waals surface area contributed by atoms with Crippen molar-refractivity contribution in [3.8, 4) is 11.1 Å². The molecule has 4 nitrogen and oxygen atoms in total. The normalized spacial score (nSPS) is 14.2. The van der Waals surface area contributed by atoms with Gasteiger partial charge in [0.2, 0.25) is 0 Å². The Kier molecular flexibility index (Phi) is 5.96. The van der Waals surface area contributed by atoms with E-state index in [4.69, 9.17) is 0 Å². The first-order chi connectivity index (χ1) is 15.5. The third kappa shape index (κ3) is 3.44. The van der Waals surface area contributed by atoms with Crippen LogP contribution in [0.1, 0.15) is 67.3 Å². The second kappa shape index (κ2) is 8.70. The summed E-state index contributed by atoms with van der Waals surface area (Å²) >= 11 is 0. The van der Waals surface area contributed by atoms with Crippen LogP contribution in [0.25, 0.3) is 11.1 Å². The molecule has 0 aliphatic heterocycles. The molecular weight excluding hydrogens is 396 g/mol. The molecule has 0 aromatic heterocycles. The van der Waals surface area contributed by atoms with Crippen molar-refractivity contribution in [2.24, 2.45) is 4.99 Å². The predicted molar refractivity (Wildman–Crippen MR) is 132 cm³/mol. The van der Waals surface area contributed by atoms with E-state index in [1.807, 2.05) is 31.3 Å². The monoisotopic (exact) mass is 426 g/mol. The van der Waals surface area contributed by atoms with Gasteiger partial charge >= 0.3 is 0 Å². The van der Waals surface area contributed by atoms with E-state index >= 15 is 0 Å². The van der Waals surface area contributed by atoms with Crippen molar-refractivity contribution in [3.63, 3.8) is 0 Å². The maximum absolute atomic E-state index is 11.6. The van der Waals surface area contributed by atoms with E-state index in [0.29, 0.717) is 0 Å². The van der Waals surface area contributed by atoms with E-state index in [0.717, 1.165) is 53.6 Å². The minimum Gasteiger partial charge on any atom is -0.287 e. The summed E-state index contributed by atoms with van der Waals surface area (Å²) in [4.78, 5) is 15.9. The van der Waals surface area contributed by atoms with Crippen LogP contribution in [0, 0.1) is 17.0 Å². The van der Waals surface area contributed by atoms with E-state index in [1.165, 1.54) is 16.7 Å². The van der Waals surface area contributed by atoms with E-state index in [2.05, 4.69) is 56.1 Å². The van der Waals surface area contributed by atoms with Gasteiger partial charge in [-0.3, -0.25) is 15.1 Å². The lowest BCUT2D eigenvalue weighted by atomic mass is 9.71. The second-order valence-corrected chi connectivity index (χ2v) is 8.72. The number of aliphatic imine (C=N–C) groups is 1. The van der Waals surface area contributed by atoms with Gasteiger partial charge in [-0.1, -0.05) is 63.1 Å². The van der Waals surface area contributed by atoms with Crippen molar-refractivity contribution >= 4 is 11.4 Å². The van der Waals surface area contributed by atoms with Crippen LogP contribution in [0.15, 0.2) is 65.7 Å². The molecular formula is C28H30N2O2. The van der Waals surface area contributed by atoms with Gasteiger partial charge < -0.3 is 0 Å². The largest absolute Gasteiger partial charge is 0.287 e. The Labute approximate surface area is 190 Å². The van der Waals surface area contributed by atoms with Crippen LogP contribution in [0.4, 0.5) is 5.69 Å². The molecule has 0 saturated heterocycles. The molecule has 0 amide bonds. The lowest BCUT2D eigenvalue weighted by Gasteiger charge is -2.32. The number of non-ortho nitro benzene ring substituents is 1. The van der Waals surface area contributed by atoms with E-state index in [9.17, 15) is 10.1 Å². The van der Waals surface area contributed by atoms with Gasteiger partial charge in [-0.15, -0.1) is 0 Å². The van der Waals surface area contributed by atoms with Crippen molar-refractivity contribution in [3.05, 3.63) is 98.6 Å². The van der Waals surface area contributed by atoms with Gasteiger partial charge in [-0.05, 0) is 59.7 Å². The molecule has 3 aromatic rings. The third-order valence-electron chi connectivity index (χ3n) is 6.81. The molecule has 0 N–H and O–H groups in total. The van der Waals surface area contributed by atoms with Gasteiger partial charge in [0.15, 0.2) is 0 Å². The molecule has 4 rings (SSSR count). The Hall–Kier alpha value is -3.27. The fourth-order valence-electron chi connectivity index (χ4n) is 5.50. The number of rotatable bonds is 7. The number of nitrogens with zero attached hydrogens (tertiary/aromatic N) is 2. The molecule has 1 aliphatic carbocycles. The van der Waals surface area contributed by atoms with Gasteiger partial charge in [0.25, 0.3) is 5.69 Å². The lowest BCUT2D eigenvalue weighted by Crippen LogP contribution is -2.25. The molecule has 0 unspecified atom stereocenters. The maximum atomic E-state index is 11.6. The minimum absolute atomic E-state index is 0.170. The van der Waals surface area contributed by atoms with E-state index in [-0.39, 0.29) is 16.0 Å². The van der Waals surface area contributed by atoms with Gasteiger partial charge in [0.1, 0.15) is 0 Å². The van der Waals surface area contributed by atoms with Gasteiger partial charge in [-0.25, -0.2) is 0 Å². The zero-order chi connectivity index (χ0) is 22.9. The SMILES string of the molecule is CCCC1(CCC)c2cc(C(=NC)c3ccccc3C)ccc2-c2ccc([N+](=O)[O-])cc21. The summed E-state index contributed by atoms with van der Waals surface area (Å²) in [6.07, 6.45) is 3.96. The molecule has 0 fully saturated rings. The minimum atomic E-state index is -0.280. The molecule has 32 heavy (non-hydrogen) atoms. The summed E-state index contributed by atoms with van der Waals surface area (Å²) < 4.78 is 0. The Balaban J connectivity index is 1.95. The topological polar surface area (TPSA) is 55.5 Å². The molecule has 3 aromatic carbocycles. The smallest absolute Gasteiger partial charge is 0.269 e. The Morgan fingerprint density at radius 1 is 0.938 bits per heavy atom. The van der Waals surface area contributed by atoms with Crippen LogP contribution in [0.3, 0.4) is 0 Å². The Morgan fingerprint density at radius 3 is 2.16 bits per heavy atom. The molecule has 0 bridgehead atoms. The molecule has 0 radical (unpaired) electrons. The summed E-state index contributed by atoms with van der Waals surface area (Å²) in [6.45, 7) is 6.51. The fourth-order valence-corrected chi connectivity index (χ4v) is 5.50. The lowest BCUT2D eigenvalue weighted by molar-refractivity contribution is -0.384. The highest BCUT2D eigenvalue weighted by Gasteiger charge is 2.43. The van der Waals surface area contributed by atoms with Crippen molar-refractivity contribution in [2.75, 3.05) is 7.05 Å². The standard InChI is InChI=1S/C28H30N2O2/c1-5-15-28(16-6-2)25-17-20(27(29-4)22-10-8-7-9-19(22)3)11-13-23(25)24-14-12-21(30(31)32)18-26(24)28/h7-14,17-18H,5-6,15-16H2,1-4H3. The molecule has 0 atom stereocenters. The van der Waals surface area contributed by atoms with Gasteiger partial charge in [-0.2, -0.15) is 0 Å². The molecule has 0 spiro atoms. The number of hydrogen-bond donors (Lipinski definition) is 0. The van der Waals surface area contributed by atoms with Crippen molar-refractivity contribution in [1.29, 1.82) is 0 Å². The van der Waals surface area contributed by atoms with Crippen molar-refractivity contribution in [2.45, 2.75) is 51.9 Å². The Bertz CT molecular complexity index is 1200. The quantitative estimate of drug-likeness (QED) is 0.227. The number of aryl methyl sites for hydroxylation is 1. The number of benzene rings is 3. The number of nitro benzene ring substituents is 1. The highest BCUT2D eigenvalue weighted by atomic mass is 16.6. The Morgan fingerprint density at radius 2 is 1.56 bits per heavy atom. The van der Waals surface area contributed by atoms with Crippen LogP contribution in [0.5, 0.6) is 0 Å². The van der Waals surface area contributed by atoms with Crippen LogP contribution in [0.2, 0.25) is 0 Å². The third-order valence-corrected chi connectivity index (χ3v) is 6.81. The number of fused-ring (bicyclic) bond motifs is 3. The number of hydrogen-bond acceptors (Lipinski definition) is 3. The zero-order valence-corrected chi connectivity index (χ0v) is 19.3. The second-order valence-electron chi connectivity index (χ2n) is 8.72. The first kappa shape index (κ1) is 21.9. The van der Waals surface area contributed by atoms with Crippen LogP contribution in [-0.2, 0) is 5.41 Å². The first-order valence-electron chi connectivity index (χ1n) is 11.4. The molecule has 0 heterocycles. The highest BCUT2D eigenvalue weighted by molar-refractivity contribution is 6.14. The first-order valence-corrected chi connectivity index (χ1v) is 11.4. The summed E-state index contributed by atoms with van der Waals surface area (Å²) in [5.41, 5.74) is 9.08. The van der Waals surface area contributed by atoms with Crippen LogP contribution < -0.4 is 0 Å². The van der Waals surface area contributed by atoms with Gasteiger partial charge in [0.05, 0.1) is 10.6 Å². The van der Waals surface area contributed by atoms with Crippen LogP contribution >= 0.6 is 0 Å². The van der Waals surface area contributed by atoms with Crippen molar-refractivity contribution < 1.29 is 4.92 Å². The average Bonchev–Trinajstić information content (AvgIpc) is 3.05. The molecule has 164 valence electrons. The summed E-state index contributed by atoms with van der Waals surface area (Å²) in [5.74, 6) is 0. The summed E-state index contributed by atoms with van der Waals surface area (Å²) in [7, 11) is 1.85. The fraction of sp³-hybridized carbons (Fsp3) is 0.321.